The van der Waals surface area contributed by atoms with Crippen molar-refractivity contribution in [2.45, 2.75) is 13.3 Å². The van der Waals surface area contributed by atoms with Gasteiger partial charge in [-0.3, -0.25) is 0 Å². The highest BCUT2D eigenvalue weighted by Gasteiger charge is 1.94. The number of rotatable bonds is 0. The first-order valence-corrected chi connectivity index (χ1v) is 3.00. The van der Waals surface area contributed by atoms with Gasteiger partial charge >= 0.3 is 0 Å². The number of hydrogen-bond acceptors (Lipinski definition) is 0. The summed E-state index contributed by atoms with van der Waals surface area (Å²) in [5.41, 5.74) is 0.712. The van der Waals surface area contributed by atoms with E-state index in [0.29, 0.717) is 5.57 Å². The number of hydrogen-bond donors (Lipinski definition) is 0. The first-order valence-electron chi connectivity index (χ1n) is 3.00. The molecule has 0 radical (unpaired) electrons. The van der Waals surface area contributed by atoms with Crippen LogP contribution in [-0.2, 0) is 0 Å². The standard InChI is InChI=1S/C8H9F/c1-7-5-3-2-4-6-8(7)9/h3-6H,2H2,1H3. The first-order chi connectivity index (χ1) is 4.30. The van der Waals surface area contributed by atoms with Crippen molar-refractivity contribution in [2.24, 2.45) is 0 Å². The van der Waals surface area contributed by atoms with Gasteiger partial charge in [0.05, 0.1) is 0 Å². The van der Waals surface area contributed by atoms with Crippen molar-refractivity contribution in [2.75, 3.05) is 0 Å². The number of halogens is 1. The highest BCUT2D eigenvalue weighted by molar-refractivity contribution is 5.29. The van der Waals surface area contributed by atoms with Gasteiger partial charge in [-0.1, -0.05) is 18.2 Å². The Morgan fingerprint density at radius 2 is 2.00 bits per heavy atom. The zero-order valence-corrected chi connectivity index (χ0v) is 5.39. The molecule has 0 aromatic carbocycles. The van der Waals surface area contributed by atoms with E-state index in [1.807, 2.05) is 12.2 Å². The second-order valence-electron chi connectivity index (χ2n) is 2.07. The topological polar surface area (TPSA) is 0 Å². The molecule has 0 atom stereocenters. The van der Waals surface area contributed by atoms with Crippen LogP contribution in [0.5, 0.6) is 0 Å². The lowest BCUT2D eigenvalue weighted by Crippen LogP contribution is -1.69. The highest BCUT2D eigenvalue weighted by Crippen LogP contribution is 2.12. The van der Waals surface area contributed by atoms with Crippen LogP contribution in [-0.4, -0.2) is 0 Å². The molecule has 0 aromatic rings. The average molecular weight is 124 g/mol. The molecule has 0 spiro atoms. The van der Waals surface area contributed by atoms with E-state index >= 15 is 0 Å². The predicted octanol–water partition coefficient (Wildman–Crippen LogP) is 2.75. The molecule has 0 amide bonds. The summed E-state index contributed by atoms with van der Waals surface area (Å²) in [4.78, 5) is 0. The third-order valence-corrected chi connectivity index (χ3v) is 1.28. The largest absolute Gasteiger partial charge is 0.207 e. The van der Waals surface area contributed by atoms with E-state index in [4.69, 9.17) is 0 Å². The van der Waals surface area contributed by atoms with E-state index in [2.05, 4.69) is 0 Å². The van der Waals surface area contributed by atoms with Crippen LogP contribution < -0.4 is 0 Å². The SMILES string of the molecule is CC1=C(F)C=CCC=C1. The lowest BCUT2D eigenvalue weighted by Gasteiger charge is -1.87. The quantitative estimate of drug-likeness (QED) is 0.465. The molecule has 0 bridgehead atoms. The van der Waals surface area contributed by atoms with Gasteiger partial charge in [0.15, 0.2) is 0 Å². The molecular weight excluding hydrogens is 115 g/mol. The maximum absolute atomic E-state index is 12.6. The fourth-order valence-corrected chi connectivity index (χ4v) is 0.706. The zero-order valence-electron chi connectivity index (χ0n) is 5.39. The summed E-state index contributed by atoms with van der Waals surface area (Å²) in [5, 5.41) is 0. The third kappa shape index (κ3) is 1.53. The molecule has 1 aliphatic carbocycles. The lowest BCUT2D eigenvalue weighted by molar-refractivity contribution is 0.658. The van der Waals surface area contributed by atoms with Gasteiger partial charge in [0, 0.05) is 0 Å². The third-order valence-electron chi connectivity index (χ3n) is 1.28. The summed E-state index contributed by atoms with van der Waals surface area (Å²) in [6.45, 7) is 1.77. The summed E-state index contributed by atoms with van der Waals surface area (Å²) >= 11 is 0. The Morgan fingerprint density at radius 3 is 2.78 bits per heavy atom. The van der Waals surface area contributed by atoms with Crippen LogP contribution in [0.1, 0.15) is 13.3 Å². The lowest BCUT2D eigenvalue weighted by atomic mass is 10.2. The molecule has 1 aliphatic rings. The normalized spacial score (nSPS) is 18.4. The maximum atomic E-state index is 12.6. The van der Waals surface area contributed by atoms with E-state index < -0.39 is 0 Å². The first kappa shape index (κ1) is 6.27. The van der Waals surface area contributed by atoms with E-state index in [0.717, 1.165) is 6.42 Å². The molecule has 0 unspecified atom stereocenters. The van der Waals surface area contributed by atoms with E-state index in [1.54, 1.807) is 13.0 Å². The minimum atomic E-state index is -0.122. The van der Waals surface area contributed by atoms with Crippen LogP contribution >= 0.6 is 0 Å². The summed E-state index contributed by atoms with van der Waals surface area (Å²) < 4.78 is 12.6. The molecule has 9 heavy (non-hydrogen) atoms. The molecule has 48 valence electrons. The van der Waals surface area contributed by atoms with Crippen molar-refractivity contribution in [3.63, 3.8) is 0 Å². The molecule has 0 N–H and O–H groups in total. The number of allylic oxidation sites excluding steroid dienone is 6. The molecular formula is C8H9F. The van der Waals surface area contributed by atoms with Crippen molar-refractivity contribution < 1.29 is 4.39 Å². The monoisotopic (exact) mass is 124 g/mol. The van der Waals surface area contributed by atoms with Gasteiger partial charge in [-0.15, -0.1) is 0 Å². The van der Waals surface area contributed by atoms with Crippen LogP contribution in [0.25, 0.3) is 0 Å². The van der Waals surface area contributed by atoms with Crippen molar-refractivity contribution in [3.05, 3.63) is 35.7 Å². The van der Waals surface area contributed by atoms with Gasteiger partial charge in [-0.2, -0.15) is 0 Å². The molecule has 0 aromatic heterocycles. The molecule has 1 rings (SSSR count). The molecule has 0 nitrogen and oxygen atoms in total. The summed E-state index contributed by atoms with van der Waals surface area (Å²) in [5.74, 6) is -0.122. The van der Waals surface area contributed by atoms with Crippen LogP contribution in [0.4, 0.5) is 4.39 Å². The van der Waals surface area contributed by atoms with Gasteiger partial charge in [-0.25, -0.2) is 4.39 Å². The zero-order chi connectivity index (χ0) is 6.69. The van der Waals surface area contributed by atoms with Crippen LogP contribution in [0.3, 0.4) is 0 Å². The van der Waals surface area contributed by atoms with Gasteiger partial charge in [0.25, 0.3) is 0 Å². The van der Waals surface area contributed by atoms with Gasteiger partial charge in [0.1, 0.15) is 5.83 Å². The van der Waals surface area contributed by atoms with E-state index in [-0.39, 0.29) is 5.83 Å². The average Bonchev–Trinajstić information content (AvgIpc) is 1.99. The van der Waals surface area contributed by atoms with Crippen molar-refractivity contribution in [3.8, 4) is 0 Å². The minimum Gasteiger partial charge on any atom is -0.207 e. The van der Waals surface area contributed by atoms with E-state index in [1.165, 1.54) is 6.08 Å². The predicted molar refractivity (Wildman–Crippen MR) is 36.7 cm³/mol. The highest BCUT2D eigenvalue weighted by atomic mass is 19.1. The Hall–Kier alpha value is -0.850. The molecule has 0 fully saturated rings. The van der Waals surface area contributed by atoms with Gasteiger partial charge < -0.3 is 0 Å². The Kier molecular flexibility index (Phi) is 1.83. The fraction of sp³-hybridized carbons (Fsp3) is 0.250. The fourth-order valence-electron chi connectivity index (χ4n) is 0.706. The van der Waals surface area contributed by atoms with Crippen molar-refractivity contribution in [1.82, 2.24) is 0 Å². The second kappa shape index (κ2) is 2.62. The Labute approximate surface area is 54.4 Å². The smallest absolute Gasteiger partial charge is 0.125 e. The van der Waals surface area contributed by atoms with Crippen LogP contribution in [0.15, 0.2) is 35.7 Å². The second-order valence-corrected chi connectivity index (χ2v) is 2.07. The summed E-state index contributed by atoms with van der Waals surface area (Å²) in [6, 6.07) is 0. The molecule has 0 saturated carbocycles. The molecule has 0 heterocycles. The van der Waals surface area contributed by atoms with Gasteiger partial charge in [0.2, 0.25) is 0 Å². The Morgan fingerprint density at radius 1 is 1.33 bits per heavy atom. The molecule has 1 heteroatoms. The van der Waals surface area contributed by atoms with Crippen LogP contribution in [0, 0.1) is 0 Å². The summed E-state index contributed by atoms with van der Waals surface area (Å²) in [6.07, 6.45) is 7.90. The minimum absolute atomic E-state index is 0.122. The Balaban J connectivity index is 2.90. The van der Waals surface area contributed by atoms with Crippen LogP contribution in [0.2, 0.25) is 0 Å². The van der Waals surface area contributed by atoms with Crippen molar-refractivity contribution in [1.29, 1.82) is 0 Å². The summed E-state index contributed by atoms with van der Waals surface area (Å²) in [7, 11) is 0. The van der Waals surface area contributed by atoms with Crippen molar-refractivity contribution >= 4 is 0 Å². The Bertz CT molecular complexity index is 165. The molecule has 0 aliphatic heterocycles. The molecule has 0 saturated heterocycles. The van der Waals surface area contributed by atoms with E-state index in [9.17, 15) is 4.39 Å². The maximum Gasteiger partial charge on any atom is 0.125 e. The van der Waals surface area contributed by atoms with Gasteiger partial charge in [-0.05, 0) is 25.0 Å².